The van der Waals surface area contributed by atoms with Gasteiger partial charge in [0.1, 0.15) is 0 Å². The SMILES string of the molecule is CCOC(=O)c1cccc(NC(=O)C2CCN(Cc3nc(-c4ccc(Cl)cc4)no3)CC2)c1. The molecule has 9 heteroatoms. The quantitative estimate of drug-likeness (QED) is 0.512. The summed E-state index contributed by atoms with van der Waals surface area (Å²) in [5, 5.41) is 7.63. The average Bonchev–Trinajstić information content (AvgIpc) is 3.29. The summed E-state index contributed by atoms with van der Waals surface area (Å²) >= 11 is 5.93. The molecule has 1 N–H and O–H groups in total. The van der Waals surface area contributed by atoms with E-state index in [0.717, 1.165) is 31.5 Å². The maximum absolute atomic E-state index is 12.7. The first-order chi connectivity index (χ1) is 16.0. The first-order valence-electron chi connectivity index (χ1n) is 10.9. The molecule has 3 aromatic rings. The number of carbonyl (C=O) groups is 2. The van der Waals surface area contributed by atoms with Crippen molar-refractivity contribution < 1.29 is 18.8 Å². The number of hydrogen-bond acceptors (Lipinski definition) is 7. The van der Waals surface area contributed by atoms with Crippen LogP contribution in [0.4, 0.5) is 5.69 Å². The summed E-state index contributed by atoms with van der Waals surface area (Å²) in [6.07, 6.45) is 1.45. The molecule has 0 saturated carbocycles. The predicted octanol–water partition coefficient (Wildman–Crippen LogP) is 4.42. The molecule has 1 fully saturated rings. The van der Waals surface area contributed by atoms with Gasteiger partial charge in [0.25, 0.3) is 0 Å². The van der Waals surface area contributed by atoms with Crippen molar-refractivity contribution in [3.8, 4) is 11.4 Å². The van der Waals surface area contributed by atoms with Crippen LogP contribution < -0.4 is 5.32 Å². The highest BCUT2D eigenvalue weighted by atomic mass is 35.5. The number of benzene rings is 2. The van der Waals surface area contributed by atoms with Crippen LogP contribution in [0.1, 0.15) is 36.0 Å². The number of anilines is 1. The summed E-state index contributed by atoms with van der Waals surface area (Å²) < 4.78 is 10.4. The second-order valence-electron chi connectivity index (χ2n) is 7.86. The van der Waals surface area contributed by atoms with E-state index in [1.807, 2.05) is 12.1 Å². The number of nitrogens with zero attached hydrogens (tertiary/aromatic N) is 3. The van der Waals surface area contributed by atoms with Gasteiger partial charge in [0.05, 0.1) is 18.7 Å². The molecule has 0 bridgehead atoms. The number of aromatic nitrogens is 2. The van der Waals surface area contributed by atoms with Gasteiger partial charge < -0.3 is 14.6 Å². The van der Waals surface area contributed by atoms with E-state index < -0.39 is 5.97 Å². The summed E-state index contributed by atoms with van der Waals surface area (Å²) in [6, 6.07) is 14.1. The van der Waals surface area contributed by atoms with Crippen molar-refractivity contribution in [3.63, 3.8) is 0 Å². The first kappa shape index (κ1) is 22.9. The minimum Gasteiger partial charge on any atom is -0.462 e. The Morgan fingerprint density at radius 1 is 1.18 bits per heavy atom. The topological polar surface area (TPSA) is 97.6 Å². The fourth-order valence-electron chi connectivity index (χ4n) is 3.76. The minimum atomic E-state index is -0.401. The van der Waals surface area contributed by atoms with Crippen LogP contribution in [0.15, 0.2) is 53.1 Å². The summed E-state index contributed by atoms with van der Waals surface area (Å²) in [5.41, 5.74) is 1.85. The van der Waals surface area contributed by atoms with E-state index in [1.54, 1.807) is 43.3 Å². The Labute approximate surface area is 196 Å². The molecule has 0 atom stereocenters. The summed E-state index contributed by atoms with van der Waals surface area (Å²) in [7, 11) is 0. The molecular formula is C24H25ClN4O4. The zero-order chi connectivity index (χ0) is 23.2. The van der Waals surface area contributed by atoms with E-state index in [1.165, 1.54) is 0 Å². The fraction of sp³-hybridized carbons (Fsp3) is 0.333. The van der Waals surface area contributed by atoms with Crippen molar-refractivity contribution >= 4 is 29.2 Å². The standard InChI is InChI=1S/C24H25ClN4O4/c1-2-32-24(31)18-4-3-5-20(14-18)26-23(30)17-10-12-29(13-11-17)15-21-27-22(28-33-21)16-6-8-19(25)9-7-16/h3-9,14,17H,2,10-13,15H2,1H3,(H,26,30). The fourth-order valence-corrected chi connectivity index (χ4v) is 3.89. The highest BCUT2D eigenvalue weighted by molar-refractivity contribution is 6.30. The lowest BCUT2D eigenvalue weighted by Crippen LogP contribution is -2.37. The molecule has 2 heterocycles. The Bertz CT molecular complexity index is 1110. The van der Waals surface area contributed by atoms with Crippen LogP contribution in [0.5, 0.6) is 0 Å². The van der Waals surface area contributed by atoms with E-state index >= 15 is 0 Å². The average molecular weight is 469 g/mol. The van der Waals surface area contributed by atoms with Gasteiger partial charge in [-0.15, -0.1) is 0 Å². The first-order valence-corrected chi connectivity index (χ1v) is 11.3. The second-order valence-corrected chi connectivity index (χ2v) is 8.30. The lowest BCUT2D eigenvalue weighted by Gasteiger charge is -2.30. The molecule has 1 aromatic heterocycles. The van der Waals surface area contributed by atoms with Gasteiger partial charge in [-0.05, 0) is 75.3 Å². The van der Waals surface area contributed by atoms with E-state index in [2.05, 4.69) is 20.4 Å². The monoisotopic (exact) mass is 468 g/mol. The number of ether oxygens (including phenoxy) is 1. The molecule has 0 unspecified atom stereocenters. The number of halogens is 1. The second kappa shape index (κ2) is 10.6. The Morgan fingerprint density at radius 2 is 1.94 bits per heavy atom. The smallest absolute Gasteiger partial charge is 0.338 e. The Balaban J connectivity index is 1.28. The third-order valence-electron chi connectivity index (χ3n) is 5.53. The molecule has 0 radical (unpaired) electrons. The summed E-state index contributed by atoms with van der Waals surface area (Å²) in [6.45, 7) is 4.10. The van der Waals surface area contributed by atoms with Crippen LogP contribution in [0.3, 0.4) is 0 Å². The molecule has 2 aromatic carbocycles. The maximum atomic E-state index is 12.7. The molecule has 0 spiro atoms. The normalized spacial score (nSPS) is 14.7. The molecule has 1 aliphatic heterocycles. The van der Waals surface area contributed by atoms with Gasteiger partial charge in [-0.1, -0.05) is 22.8 Å². The van der Waals surface area contributed by atoms with Crippen LogP contribution in [-0.2, 0) is 16.1 Å². The number of likely N-dealkylation sites (tertiary alicyclic amines) is 1. The lowest BCUT2D eigenvalue weighted by atomic mass is 9.95. The van der Waals surface area contributed by atoms with Gasteiger partial charge >= 0.3 is 5.97 Å². The van der Waals surface area contributed by atoms with Gasteiger partial charge in [0.2, 0.25) is 17.6 Å². The number of carbonyl (C=O) groups excluding carboxylic acids is 2. The minimum absolute atomic E-state index is 0.0431. The molecule has 4 rings (SSSR count). The Kier molecular flexibility index (Phi) is 7.36. The van der Waals surface area contributed by atoms with Gasteiger partial charge in [0, 0.05) is 22.2 Å². The van der Waals surface area contributed by atoms with Gasteiger partial charge in [-0.25, -0.2) is 4.79 Å². The largest absolute Gasteiger partial charge is 0.462 e. The number of amides is 1. The summed E-state index contributed by atoms with van der Waals surface area (Å²) in [5.74, 6) is 0.528. The van der Waals surface area contributed by atoms with Gasteiger partial charge in [0.15, 0.2) is 0 Å². The van der Waals surface area contributed by atoms with Crippen LogP contribution >= 0.6 is 11.6 Å². The molecule has 8 nitrogen and oxygen atoms in total. The van der Waals surface area contributed by atoms with Gasteiger partial charge in [-0.3, -0.25) is 9.69 Å². The highest BCUT2D eigenvalue weighted by Gasteiger charge is 2.26. The Hall–Kier alpha value is -3.23. The molecule has 172 valence electrons. The molecule has 1 saturated heterocycles. The third-order valence-corrected chi connectivity index (χ3v) is 5.78. The van der Waals surface area contributed by atoms with E-state index in [4.69, 9.17) is 20.9 Å². The van der Waals surface area contributed by atoms with Crippen LogP contribution in [0, 0.1) is 5.92 Å². The van der Waals surface area contributed by atoms with Crippen LogP contribution in [0.2, 0.25) is 5.02 Å². The zero-order valence-electron chi connectivity index (χ0n) is 18.3. The van der Waals surface area contributed by atoms with Crippen molar-refractivity contribution in [1.82, 2.24) is 15.0 Å². The van der Waals surface area contributed by atoms with Crippen molar-refractivity contribution in [1.29, 1.82) is 0 Å². The predicted molar refractivity (Wildman–Crippen MR) is 124 cm³/mol. The number of piperidine rings is 1. The van der Waals surface area contributed by atoms with Crippen LogP contribution in [-0.4, -0.2) is 46.6 Å². The van der Waals surface area contributed by atoms with Crippen LogP contribution in [0.25, 0.3) is 11.4 Å². The summed E-state index contributed by atoms with van der Waals surface area (Å²) in [4.78, 5) is 31.3. The molecule has 1 aliphatic rings. The van der Waals surface area contributed by atoms with E-state index in [-0.39, 0.29) is 11.8 Å². The molecule has 0 aliphatic carbocycles. The highest BCUT2D eigenvalue weighted by Crippen LogP contribution is 2.23. The molecule has 1 amide bonds. The number of nitrogens with one attached hydrogen (secondary N) is 1. The lowest BCUT2D eigenvalue weighted by molar-refractivity contribution is -0.121. The zero-order valence-corrected chi connectivity index (χ0v) is 19.0. The van der Waals surface area contributed by atoms with Crippen molar-refractivity contribution in [3.05, 3.63) is 65.0 Å². The van der Waals surface area contributed by atoms with Gasteiger partial charge in [-0.2, -0.15) is 4.98 Å². The Morgan fingerprint density at radius 3 is 2.67 bits per heavy atom. The molecule has 33 heavy (non-hydrogen) atoms. The number of hydrogen-bond donors (Lipinski definition) is 1. The van der Waals surface area contributed by atoms with E-state index in [9.17, 15) is 9.59 Å². The maximum Gasteiger partial charge on any atom is 0.338 e. The number of esters is 1. The molecular weight excluding hydrogens is 444 g/mol. The van der Waals surface area contributed by atoms with Crippen molar-refractivity contribution in [2.75, 3.05) is 25.0 Å². The van der Waals surface area contributed by atoms with E-state index in [0.29, 0.717) is 41.1 Å². The third kappa shape index (κ3) is 5.97. The van der Waals surface area contributed by atoms with Crippen molar-refractivity contribution in [2.24, 2.45) is 5.92 Å². The number of rotatable bonds is 7. The van der Waals surface area contributed by atoms with Crippen molar-refractivity contribution in [2.45, 2.75) is 26.3 Å².